The average molecular weight is 244 g/mol. The van der Waals surface area contributed by atoms with Gasteiger partial charge in [-0.1, -0.05) is 22.0 Å². The van der Waals surface area contributed by atoms with Crippen molar-refractivity contribution in [1.29, 1.82) is 0 Å². The lowest BCUT2D eigenvalue weighted by Gasteiger charge is -2.11. The van der Waals surface area contributed by atoms with E-state index in [2.05, 4.69) is 15.9 Å². The van der Waals surface area contributed by atoms with E-state index in [1.807, 2.05) is 0 Å². The van der Waals surface area contributed by atoms with Crippen molar-refractivity contribution in [3.63, 3.8) is 0 Å². The molecule has 13 heavy (non-hydrogen) atoms. The highest BCUT2D eigenvalue weighted by molar-refractivity contribution is 9.10. The number of carboxylic acids is 1. The minimum Gasteiger partial charge on any atom is -0.478 e. The van der Waals surface area contributed by atoms with E-state index in [9.17, 15) is 4.79 Å². The largest absolute Gasteiger partial charge is 0.478 e. The van der Waals surface area contributed by atoms with Crippen LogP contribution in [0.1, 0.15) is 28.9 Å². The van der Waals surface area contributed by atoms with Crippen molar-refractivity contribution in [2.75, 3.05) is 0 Å². The highest BCUT2D eigenvalue weighted by Crippen LogP contribution is 2.25. The molecule has 0 unspecified atom stereocenters. The summed E-state index contributed by atoms with van der Waals surface area (Å²) in [4.78, 5) is 10.8. The van der Waals surface area contributed by atoms with E-state index in [0.717, 1.165) is 4.47 Å². The van der Waals surface area contributed by atoms with Crippen molar-refractivity contribution in [3.05, 3.63) is 33.8 Å². The number of nitrogens with two attached hydrogens (primary N) is 1. The summed E-state index contributed by atoms with van der Waals surface area (Å²) in [6.07, 6.45) is 0. The maximum absolute atomic E-state index is 10.8. The van der Waals surface area contributed by atoms with Crippen molar-refractivity contribution >= 4 is 21.9 Å². The molecule has 0 bridgehead atoms. The third-order valence-corrected chi connectivity index (χ3v) is 2.43. The fourth-order valence-corrected chi connectivity index (χ4v) is 1.91. The maximum Gasteiger partial charge on any atom is 0.336 e. The van der Waals surface area contributed by atoms with Crippen molar-refractivity contribution in [1.82, 2.24) is 0 Å². The number of aromatic carboxylic acids is 1. The van der Waals surface area contributed by atoms with Crippen LogP contribution in [0.4, 0.5) is 0 Å². The summed E-state index contributed by atoms with van der Waals surface area (Å²) >= 11 is 3.27. The number of benzene rings is 1. The summed E-state index contributed by atoms with van der Waals surface area (Å²) < 4.78 is 0.738. The zero-order valence-electron chi connectivity index (χ0n) is 7.12. The normalized spacial score (nSPS) is 12.5. The van der Waals surface area contributed by atoms with E-state index < -0.39 is 5.97 Å². The lowest BCUT2D eigenvalue weighted by atomic mass is 10.0. The van der Waals surface area contributed by atoms with Gasteiger partial charge in [0, 0.05) is 10.5 Å². The number of halogens is 1. The Bertz CT molecular complexity index is 336. The van der Waals surface area contributed by atoms with Gasteiger partial charge in [0.15, 0.2) is 0 Å². The minimum absolute atomic E-state index is 0.254. The van der Waals surface area contributed by atoms with Crippen LogP contribution in [0.25, 0.3) is 0 Å². The Kier molecular flexibility index (Phi) is 3.06. The highest BCUT2D eigenvalue weighted by Gasteiger charge is 2.15. The minimum atomic E-state index is -0.950. The molecule has 1 rings (SSSR count). The molecule has 0 aliphatic heterocycles. The molecule has 1 atom stereocenters. The molecule has 70 valence electrons. The predicted molar refractivity (Wildman–Crippen MR) is 53.7 cm³/mol. The highest BCUT2D eigenvalue weighted by atomic mass is 79.9. The predicted octanol–water partition coefficient (Wildman–Crippen LogP) is 2.17. The van der Waals surface area contributed by atoms with E-state index in [4.69, 9.17) is 10.8 Å². The number of rotatable bonds is 2. The third kappa shape index (κ3) is 2.08. The topological polar surface area (TPSA) is 63.3 Å². The van der Waals surface area contributed by atoms with E-state index in [-0.39, 0.29) is 11.6 Å². The Morgan fingerprint density at radius 1 is 1.62 bits per heavy atom. The van der Waals surface area contributed by atoms with Gasteiger partial charge in [-0.15, -0.1) is 0 Å². The van der Waals surface area contributed by atoms with Gasteiger partial charge in [-0.25, -0.2) is 4.79 Å². The van der Waals surface area contributed by atoms with Crippen LogP contribution in [0.3, 0.4) is 0 Å². The zero-order valence-corrected chi connectivity index (χ0v) is 8.71. The lowest BCUT2D eigenvalue weighted by molar-refractivity contribution is 0.0695. The molecular formula is C9H10BrNO2. The first-order chi connectivity index (χ1) is 6.04. The fourth-order valence-electron chi connectivity index (χ4n) is 1.19. The second kappa shape index (κ2) is 3.89. The Morgan fingerprint density at radius 3 is 2.62 bits per heavy atom. The molecule has 3 nitrogen and oxygen atoms in total. The molecule has 0 amide bonds. The first-order valence-electron chi connectivity index (χ1n) is 3.81. The van der Waals surface area contributed by atoms with Gasteiger partial charge in [0.2, 0.25) is 0 Å². The average Bonchev–Trinajstić information content (AvgIpc) is 2.02. The van der Waals surface area contributed by atoms with Crippen molar-refractivity contribution in [2.45, 2.75) is 13.0 Å². The molecule has 0 saturated heterocycles. The van der Waals surface area contributed by atoms with E-state index >= 15 is 0 Å². The summed E-state index contributed by atoms with van der Waals surface area (Å²) in [5.74, 6) is -0.950. The van der Waals surface area contributed by atoms with Crippen LogP contribution in [0.15, 0.2) is 22.7 Å². The quantitative estimate of drug-likeness (QED) is 0.837. The first kappa shape index (κ1) is 10.2. The molecule has 0 aliphatic carbocycles. The van der Waals surface area contributed by atoms with E-state index in [1.54, 1.807) is 25.1 Å². The smallest absolute Gasteiger partial charge is 0.336 e. The first-order valence-corrected chi connectivity index (χ1v) is 4.60. The molecule has 0 spiro atoms. The van der Waals surface area contributed by atoms with Gasteiger partial charge in [0.05, 0.1) is 5.56 Å². The summed E-state index contributed by atoms with van der Waals surface area (Å²) in [7, 11) is 0. The van der Waals surface area contributed by atoms with Crippen LogP contribution >= 0.6 is 15.9 Å². The van der Waals surface area contributed by atoms with Crippen molar-refractivity contribution in [2.24, 2.45) is 5.73 Å². The van der Waals surface area contributed by atoms with Crippen LogP contribution in [0.5, 0.6) is 0 Å². The van der Waals surface area contributed by atoms with Gasteiger partial charge in [0.1, 0.15) is 0 Å². The summed E-state index contributed by atoms with van der Waals surface area (Å²) in [5, 5.41) is 8.86. The summed E-state index contributed by atoms with van der Waals surface area (Å²) in [6.45, 7) is 1.76. The molecule has 3 N–H and O–H groups in total. The van der Waals surface area contributed by atoms with Gasteiger partial charge >= 0.3 is 5.97 Å². The Balaban J connectivity index is 3.34. The van der Waals surface area contributed by atoms with E-state index in [1.165, 1.54) is 0 Å². The lowest BCUT2D eigenvalue weighted by Crippen LogP contribution is -2.12. The van der Waals surface area contributed by atoms with Crippen LogP contribution in [-0.2, 0) is 0 Å². The SMILES string of the molecule is C[C@@H](N)c1c(Br)cccc1C(=O)O. The molecule has 0 saturated carbocycles. The van der Waals surface area contributed by atoms with Gasteiger partial charge in [-0.05, 0) is 24.6 Å². The molecule has 4 heteroatoms. The Hall–Kier alpha value is -0.870. The molecule has 0 fully saturated rings. The maximum atomic E-state index is 10.8. The molecule has 0 aromatic heterocycles. The Labute approximate surface area is 84.7 Å². The molecule has 1 aromatic rings. The monoisotopic (exact) mass is 243 g/mol. The molecule has 0 aliphatic rings. The van der Waals surface area contributed by atoms with Crippen molar-refractivity contribution < 1.29 is 9.90 Å². The molecule has 0 heterocycles. The van der Waals surface area contributed by atoms with Gasteiger partial charge in [0.25, 0.3) is 0 Å². The van der Waals surface area contributed by atoms with Crippen LogP contribution in [0, 0.1) is 0 Å². The van der Waals surface area contributed by atoms with Gasteiger partial charge < -0.3 is 10.8 Å². The van der Waals surface area contributed by atoms with Crippen LogP contribution < -0.4 is 5.73 Å². The van der Waals surface area contributed by atoms with Crippen LogP contribution in [-0.4, -0.2) is 11.1 Å². The van der Waals surface area contributed by atoms with Gasteiger partial charge in [-0.3, -0.25) is 0 Å². The number of carboxylic acid groups (broad SMARTS) is 1. The molecule has 0 radical (unpaired) electrons. The van der Waals surface area contributed by atoms with E-state index in [0.29, 0.717) is 5.56 Å². The van der Waals surface area contributed by atoms with Gasteiger partial charge in [-0.2, -0.15) is 0 Å². The zero-order chi connectivity index (χ0) is 10.0. The number of carbonyl (C=O) groups is 1. The number of hydrogen-bond donors (Lipinski definition) is 2. The molecule has 1 aromatic carbocycles. The van der Waals surface area contributed by atoms with Crippen molar-refractivity contribution in [3.8, 4) is 0 Å². The standard InChI is InChI=1S/C9H10BrNO2/c1-5(11)8-6(9(12)13)3-2-4-7(8)10/h2-5H,11H2,1H3,(H,12,13)/t5-/m1/s1. The summed E-state index contributed by atoms with van der Waals surface area (Å²) in [6, 6.07) is 4.72. The van der Waals surface area contributed by atoms with Crippen LogP contribution in [0.2, 0.25) is 0 Å². The Morgan fingerprint density at radius 2 is 2.23 bits per heavy atom. The summed E-state index contributed by atoms with van der Waals surface area (Å²) in [5.41, 5.74) is 6.55. The molecular weight excluding hydrogens is 234 g/mol. The third-order valence-electron chi connectivity index (χ3n) is 1.74. The second-order valence-corrected chi connectivity index (χ2v) is 3.65. The second-order valence-electron chi connectivity index (χ2n) is 2.79. The number of hydrogen-bond acceptors (Lipinski definition) is 2. The fraction of sp³-hybridized carbons (Fsp3) is 0.222.